The van der Waals surface area contributed by atoms with Crippen molar-refractivity contribution in [3.63, 3.8) is 0 Å². The van der Waals surface area contributed by atoms with Crippen LogP contribution in [0.2, 0.25) is 0 Å². The van der Waals surface area contributed by atoms with Crippen LogP contribution in [0.3, 0.4) is 0 Å². The minimum Gasteiger partial charge on any atom is -0.390 e. The molecule has 0 aliphatic carbocycles. The third-order valence-electron chi connectivity index (χ3n) is 2.78. The molecule has 0 aromatic carbocycles. The highest BCUT2D eigenvalue weighted by molar-refractivity contribution is 4.96. The molecule has 0 bridgehead atoms. The second-order valence-corrected chi connectivity index (χ2v) is 4.18. The van der Waals surface area contributed by atoms with E-state index in [9.17, 15) is 5.11 Å². The Hall–Kier alpha value is -0.640. The number of allylic oxidation sites excluding steroid dienone is 2. The zero-order chi connectivity index (χ0) is 11.8. The van der Waals surface area contributed by atoms with Gasteiger partial charge < -0.3 is 14.6 Å². The van der Waals surface area contributed by atoms with Gasteiger partial charge in [-0.3, -0.25) is 0 Å². The van der Waals surface area contributed by atoms with Gasteiger partial charge in [-0.2, -0.15) is 0 Å². The van der Waals surface area contributed by atoms with Gasteiger partial charge in [-0.25, -0.2) is 0 Å². The molecule has 16 heavy (non-hydrogen) atoms. The average Bonchev–Trinajstić information content (AvgIpc) is 2.29. The van der Waals surface area contributed by atoms with Crippen LogP contribution in [0, 0.1) is 5.92 Å². The molecule has 1 rings (SSSR count). The van der Waals surface area contributed by atoms with E-state index in [1.54, 1.807) is 7.11 Å². The first-order valence-electron chi connectivity index (χ1n) is 5.86. The van der Waals surface area contributed by atoms with Gasteiger partial charge >= 0.3 is 0 Å². The summed E-state index contributed by atoms with van der Waals surface area (Å²) >= 11 is 0. The summed E-state index contributed by atoms with van der Waals surface area (Å²) in [5.74, 6) is 0.0717. The van der Waals surface area contributed by atoms with Crippen LogP contribution in [0.5, 0.6) is 0 Å². The molecule has 0 amide bonds. The second-order valence-electron chi connectivity index (χ2n) is 4.18. The van der Waals surface area contributed by atoms with Crippen LogP contribution in [-0.2, 0) is 9.47 Å². The van der Waals surface area contributed by atoms with Crippen LogP contribution in [0.1, 0.15) is 19.8 Å². The van der Waals surface area contributed by atoms with E-state index in [2.05, 4.69) is 12.2 Å². The van der Waals surface area contributed by atoms with E-state index < -0.39 is 6.10 Å². The van der Waals surface area contributed by atoms with Crippen LogP contribution in [0.15, 0.2) is 24.3 Å². The summed E-state index contributed by atoms with van der Waals surface area (Å²) in [4.78, 5) is 0. The fourth-order valence-corrected chi connectivity index (χ4v) is 1.68. The Balaban J connectivity index is 2.61. The Morgan fingerprint density at radius 2 is 2.00 bits per heavy atom. The molecular weight excluding hydrogens is 204 g/mol. The van der Waals surface area contributed by atoms with E-state index in [-0.39, 0.29) is 12.0 Å². The third kappa shape index (κ3) is 4.47. The van der Waals surface area contributed by atoms with Gasteiger partial charge in [-0.15, -0.1) is 0 Å². The maximum Gasteiger partial charge on any atom is 0.101 e. The van der Waals surface area contributed by atoms with Gasteiger partial charge in [0.15, 0.2) is 0 Å². The lowest BCUT2D eigenvalue weighted by Crippen LogP contribution is -2.34. The van der Waals surface area contributed by atoms with Crippen molar-refractivity contribution in [2.45, 2.75) is 32.0 Å². The largest absolute Gasteiger partial charge is 0.390 e. The lowest BCUT2D eigenvalue weighted by Gasteiger charge is -2.24. The monoisotopic (exact) mass is 226 g/mol. The van der Waals surface area contributed by atoms with Gasteiger partial charge in [-0.05, 0) is 12.8 Å². The Labute approximate surface area is 97.8 Å². The van der Waals surface area contributed by atoms with Crippen molar-refractivity contribution in [1.82, 2.24) is 0 Å². The predicted molar refractivity (Wildman–Crippen MR) is 64.3 cm³/mol. The molecule has 1 N–H and O–H groups in total. The Morgan fingerprint density at radius 1 is 1.25 bits per heavy atom. The number of methoxy groups -OCH3 is 1. The van der Waals surface area contributed by atoms with Gasteiger partial charge in [0.05, 0.1) is 19.3 Å². The summed E-state index contributed by atoms with van der Waals surface area (Å²) in [7, 11) is 1.62. The number of rotatable bonds is 1. The van der Waals surface area contributed by atoms with Crippen molar-refractivity contribution < 1.29 is 14.6 Å². The van der Waals surface area contributed by atoms with E-state index in [0.717, 1.165) is 12.8 Å². The Bertz CT molecular complexity index is 235. The van der Waals surface area contributed by atoms with Gasteiger partial charge in [-0.1, -0.05) is 31.2 Å². The molecule has 0 saturated heterocycles. The standard InChI is InChI=1S/C13H22O3/c1-11-10-16-9-7-5-3-4-6-8-12(15-2)13(11)14/h5-8,11-14H,3-4,9-10H2,1-2H3/t11-,12+,13+/m1/s1. The van der Waals surface area contributed by atoms with Crippen LogP contribution < -0.4 is 0 Å². The van der Waals surface area contributed by atoms with Gasteiger partial charge in [0.1, 0.15) is 6.10 Å². The number of hydrogen-bond donors (Lipinski definition) is 1. The molecule has 0 spiro atoms. The summed E-state index contributed by atoms with van der Waals surface area (Å²) in [5.41, 5.74) is 0. The van der Waals surface area contributed by atoms with Gasteiger partial charge in [0, 0.05) is 13.0 Å². The number of ether oxygens (including phenoxy) is 2. The first kappa shape index (κ1) is 13.4. The minimum atomic E-state index is -0.510. The number of aliphatic hydroxyl groups excluding tert-OH is 1. The molecule has 0 aromatic heterocycles. The molecule has 0 aromatic rings. The molecule has 0 unspecified atom stereocenters. The molecule has 3 atom stereocenters. The van der Waals surface area contributed by atoms with Crippen molar-refractivity contribution >= 4 is 0 Å². The van der Waals surface area contributed by atoms with E-state index in [1.807, 2.05) is 19.1 Å². The number of aliphatic hydroxyl groups is 1. The average molecular weight is 226 g/mol. The van der Waals surface area contributed by atoms with Crippen molar-refractivity contribution in [3.8, 4) is 0 Å². The van der Waals surface area contributed by atoms with E-state index in [1.165, 1.54) is 0 Å². The lowest BCUT2D eigenvalue weighted by molar-refractivity contribution is -0.0340. The van der Waals surface area contributed by atoms with E-state index >= 15 is 0 Å². The summed E-state index contributed by atoms with van der Waals surface area (Å²) in [6.07, 6.45) is 9.39. The van der Waals surface area contributed by atoms with Crippen LogP contribution >= 0.6 is 0 Å². The molecule has 3 heteroatoms. The van der Waals surface area contributed by atoms with E-state index in [4.69, 9.17) is 9.47 Å². The fraction of sp³-hybridized carbons (Fsp3) is 0.692. The maximum absolute atomic E-state index is 10.0. The fourth-order valence-electron chi connectivity index (χ4n) is 1.68. The maximum atomic E-state index is 10.0. The normalized spacial score (nSPS) is 33.1. The molecule has 92 valence electrons. The zero-order valence-corrected chi connectivity index (χ0v) is 10.1. The Morgan fingerprint density at radius 3 is 2.75 bits per heavy atom. The van der Waals surface area contributed by atoms with Crippen molar-refractivity contribution in [2.24, 2.45) is 5.92 Å². The molecule has 0 radical (unpaired) electrons. The SMILES string of the molecule is CO[C@H]1C=CCCC=CCOC[C@@H](C)[C@@H]1O. The second kappa shape index (κ2) is 7.60. The first-order chi connectivity index (χ1) is 7.75. The van der Waals surface area contributed by atoms with E-state index in [0.29, 0.717) is 13.2 Å². The molecule has 1 aliphatic heterocycles. The highest BCUT2D eigenvalue weighted by Gasteiger charge is 2.22. The summed E-state index contributed by atoms with van der Waals surface area (Å²) in [6, 6.07) is 0. The van der Waals surface area contributed by atoms with Crippen molar-refractivity contribution in [2.75, 3.05) is 20.3 Å². The van der Waals surface area contributed by atoms with Crippen molar-refractivity contribution in [3.05, 3.63) is 24.3 Å². The quantitative estimate of drug-likeness (QED) is 0.694. The smallest absolute Gasteiger partial charge is 0.101 e. The first-order valence-corrected chi connectivity index (χ1v) is 5.86. The van der Waals surface area contributed by atoms with Crippen LogP contribution in [0.25, 0.3) is 0 Å². The summed E-state index contributed by atoms with van der Waals surface area (Å²) < 4.78 is 10.7. The third-order valence-corrected chi connectivity index (χ3v) is 2.78. The number of hydrogen-bond acceptors (Lipinski definition) is 3. The lowest BCUT2D eigenvalue weighted by atomic mass is 9.99. The predicted octanol–water partition coefficient (Wildman–Crippen LogP) is 1.92. The highest BCUT2D eigenvalue weighted by Crippen LogP contribution is 2.13. The molecular formula is C13H22O3. The topological polar surface area (TPSA) is 38.7 Å². The minimum absolute atomic E-state index is 0.0717. The zero-order valence-electron chi connectivity index (χ0n) is 10.1. The van der Waals surface area contributed by atoms with Crippen molar-refractivity contribution in [1.29, 1.82) is 0 Å². The molecule has 3 nitrogen and oxygen atoms in total. The van der Waals surface area contributed by atoms with Crippen LogP contribution in [0.4, 0.5) is 0 Å². The van der Waals surface area contributed by atoms with Gasteiger partial charge in [0.25, 0.3) is 0 Å². The molecule has 1 heterocycles. The molecule has 1 aliphatic rings. The Kier molecular flexibility index (Phi) is 6.38. The van der Waals surface area contributed by atoms with Gasteiger partial charge in [0.2, 0.25) is 0 Å². The molecule has 0 saturated carbocycles. The molecule has 0 fully saturated rings. The summed E-state index contributed by atoms with van der Waals surface area (Å²) in [6.45, 7) is 3.15. The summed E-state index contributed by atoms with van der Waals surface area (Å²) in [5, 5.41) is 10.0. The van der Waals surface area contributed by atoms with Crippen LogP contribution in [-0.4, -0.2) is 37.6 Å². The highest BCUT2D eigenvalue weighted by atomic mass is 16.5.